The standard InChI is InChI=1S/C10H11F2NO2/c1-10(2,15)5-3-6(11)8(9(13)14)7(12)4-5/h3-4,15H,1-2H3,(H2,13,14). The summed E-state index contributed by atoms with van der Waals surface area (Å²) in [7, 11) is 0. The molecule has 0 aliphatic heterocycles. The van der Waals surface area contributed by atoms with Gasteiger partial charge in [0.05, 0.1) is 5.60 Å². The summed E-state index contributed by atoms with van der Waals surface area (Å²) in [4.78, 5) is 10.7. The Bertz CT molecular complexity index is 387. The second-order valence-corrected chi connectivity index (χ2v) is 3.74. The lowest BCUT2D eigenvalue weighted by Gasteiger charge is -2.18. The van der Waals surface area contributed by atoms with Gasteiger partial charge in [0.2, 0.25) is 0 Å². The third-order valence-electron chi connectivity index (χ3n) is 1.99. The first kappa shape index (κ1) is 11.6. The number of primary amides is 1. The molecule has 3 N–H and O–H groups in total. The summed E-state index contributed by atoms with van der Waals surface area (Å²) in [6, 6.07) is 1.78. The number of hydrogen-bond donors (Lipinski definition) is 2. The molecule has 0 aliphatic carbocycles. The first-order valence-electron chi connectivity index (χ1n) is 4.25. The SMILES string of the molecule is CC(C)(O)c1cc(F)c(C(N)=O)c(F)c1. The molecule has 0 unspecified atom stereocenters. The van der Waals surface area contributed by atoms with Gasteiger partial charge in [0.25, 0.3) is 5.91 Å². The van der Waals surface area contributed by atoms with Gasteiger partial charge in [-0.25, -0.2) is 8.78 Å². The van der Waals surface area contributed by atoms with Gasteiger partial charge in [-0.05, 0) is 31.5 Å². The van der Waals surface area contributed by atoms with Gasteiger partial charge in [0, 0.05) is 0 Å². The van der Waals surface area contributed by atoms with Gasteiger partial charge in [-0.1, -0.05) is 0 Å². The van der Waals surface area contributed by atoms with Gasteiger partial charge < -0.3 is 10.8 Å². The Morgan fingerprint density at radius 1 is 1.33 bits per heavy atom. The van der Waals surface area contributed by atoms with Gasteiger partial charge in [0.15, 0.2) is 0 Å². The van der Waals surface area contributed by atoms with Crippen LogP contribution in [0.2, 0.25) is 0 Å². The zero-order chi connectivity index (χ0) is 11.8. The van der Waals surface area contributed by atoms with Crippen LogP contribution in [0.4, 0.5) is 8.78 Å². The lowest BCUT2D eigenvalue weighted by molar-refractivity contribution is 0.0775. The number of benzene rings is 1. The van der Waals surface area contributed by atoms with E-state index in [2.05, 4.69) is 0 Å². The molecule has 0 saturated carbocycles. The number of carbonyl (C=O) groups is 1. The highest BCUT2D eigenvalue weighted by molar-refractivity contribution is 5.93. The average molecular weight is 215 g/mol. The van der Waals surface area contributed by atoms with Crippen LogP contribution in [0, 0.1) is 11.6 Å². The van der Waals surface area contributed by atoms with Crippen LogP contribution in [-0.2, 0) is 5.60 Å². The Kier molecular flexibility index (Phi) is 2.77. The second-order valence-electron chi connectivity index (χ2n) is 3.74. The van der Waals surface area contributed by atoms with E-state index in [1.165, 1.54) is 13.8 Å². The number of hydrogen-bond acceptors (Lipinski definition) is 2. The van der Waals surface area contributed by atoms with Gasteiger partial charge in [-0.3, -0.25) is 4.79 Å². The molecule has 0 aromatic heterocycles. The van der Waals surface area contributed by atoms with Crippen LogP contribution >= 0.6 is 0 Å². The second kappa shape index (κ2) is 3.58. The third kappa shape index (κ3) is 2.30. The van der Waals surface area contributed by atoms with Gasteiger partial charge in [-0.2, -0.15) is 0 Å². The predicted molar refractivity (Wildman–Crippen MR) is 50.1 cm³/mol. The monoisotopic (exact) mass is 215 g/mol. The molecule has 1 aromatic carbocycles. The number of carbonyl (C=O) groups excluding carboxylic acids is 1. The molecule has 0 saturated heterocycles. The van der Waals surface area contributed by atoms with Crippen molar-refractivity contribution in [3.8, 4) is 0 Å². The van der Waals surface area contributed by atoms with Crippen LogP contribution < -0.4 is 5.73 Å². The molecule has 0 heterocycles. The molecule has 0 bridgehead atoms. The molecule has 15 heavy (non-hydrogen) atoms. The van der Waals surface area contributed by atoms with Crippen LogP contribution in [0.3, 0.4) is 0 Å². The summed E-state index contributed by atoms with van der Waals surface area (Å²) in [6.07, 6.45) is 0. The van der Waals surface area contributed by atoms with Crippen molar-refractivity contribution >= 4 is 5.91 Å². The Morgan fingerprint density at radius 2 is 1.73 bits per heavy atom. The molecule has 1 amide bonds. The van der Waals surface area contributed by atoms with Crippen LogP contribution in [0.1, 0.15) is 29.8 Å². The van der Waals surface area contributed by atoms with Crippen LogP contribution in [-0.4, -0.2) is 11.0 Å². The summed E-state index contributed by atoms with van der Waals surface area (Å²) in [5.74, 6) is -3.31. The van der Waals surface area contributed by atoms with Crippen molar-refractivity contribution in [1.82, 2.24) is 0 Å². The highest BCUT2D eigenvalue weighted by atomic mass is 19.1. The molecular weight excluding hydrogens is 204 g/mol. The molecule has 3 nitrogen and oxygen atoms in total. The molecule has 1 aromatic rings. The Hall–Kier alpha value is -1.49. The zero-order valence-electron chi connectivity index (χ0n) is 8.34. The van der Waals surface area contributed by atoms with E-state index >= 15 is 0 Å². The third-order valence-corrected chi connectivity index (χ3v) is 1.99. The summed E-state index contributed by atoms with van der Waals surface area (Å²) < 4.78 is 26.5. The first-order valence-corrected chi connectivity index (χ1v) is 4.25. The molecule has 0 atom stereocenters. The topological polar surface area (TPSA) is 63.3 Å². The minimum atomic E-state index is -1.38. The molecule has 0 fully saturated rings. The van der Waals surface area contributed by atoms with E-state index in [0.29, 0.717) is 0 Å². The lowest BCUT2D eigenvalue weighted by atomic mass is 9.96. The molecule has 0 radical (unpaired) electrons. The molecule has 82 valence electrons. The van der Waals surface area contributed by atoms with Crippen molar-refractivity contribution < 1.29 is 18.7 Å². The smallest absolute Gasteiger partial charge is 0.254 e. The van der Waals surface area contributed by atoms with E-state index < -0.39 is 28.7 Å². The Balaban J connectivity index is 3.39. The molecule has 0 spiro atoms. The lowest BCUT2D eigenvalue weighted by Crippen LogP contribution is -2.20. The quantitative estimate of drug-likeness (QED) is 0.780. The van der Waals surface area contributed by atoms with Crippen molar-refractivity contribution in [2.24, 2.45) is 5.73 Å². The summed E-state index contributed by atoms with van der Waals surface area (Å²) in [6.45, 7) is 2.76. The normalized spacial score (nSPS) is 11.5. The van der Waals surface area contributed by atoms with Gasteiger partial charge in [0.1, 0.15) is 17.2 Å². The van der Waals surface area contributed by atoms with Crippen molar-refractivity contribution in [3.63, 3.8) is 0 Å². The van der Waals surface area contributed by atoms with E-state index in [0.717, 1.165) is 12.1 Å². The molecule has 0 aliphatic rings. The summed E-state index contributed by atoms with van der Waals surface area (Å²) in [5, 5.41) is 9.52. The number of nitrogens with two attached hydrogens (primary N) is 1. The highest BCUT2D eigenvalue weighted by Crippen LogP contribution is 2.24. The van der Waals surface area contributed by atoms with E-state index in [4.69, 9.17) is 5.73 Å². The van der Waals surface area contributed by atoms with Crippen LogP contribution in [0.25, 0.3) is 0 Å². The molecule has 5 heteroatoms. The number of rotatable bonds is 2. The maximum atomic E-state index is 13.2. The summed E-state index contributed by atoms with van der Waals surface area (Å²) in [5.41, 5.74) is 2.67. The fraction of sp³-hybridized carbons (Fsp3) is 0.300. The number of aliphatic hydroxyl groups is 1. The van der Waals surface area contributed by atoms with E-state index in [1.807, 2.05) is 0 Å². The van der Waals surface area contributed by atoms with Crippen molar-refractivity contribution in [3.05, 3.63) is 34.9 Å². The minimum absolute atomic E-state index is 0.0440. The highest BCUT2D eigenvalue weighted by Gasteiger charge is 2.22. The van der Waals surface area contributed by atoms with E-state index in [-0.39, 0.29) is 5.56 Å². The van der Waals surface area contributed by atoms with Crippen molar-refractivity contribution in [2.45, 2.75) is 19.4 Å². The first-order chi connectivity index (χ1) is 6.73. The average Bonchev–Trinajstić information content (AvgIpc) is 1.99. The fourth-order valence-electron chi connectivity index (χ4n) is 1.16. The van der Waals surface area contributed by atoms with Crippen LogP contribution in [0.15, 0.2) is 12.1 Å². The predicted octanol–water partition coefficient (Wildman–Crippen LogP) is 1.29. The number of amides is 1. The van der Waals surface area contributed by atoms with Gasteiger partial charge in [-0.15, -0.1) is 0 Å². The van der Waals surface area contributed by atoms with Crippen molar-refractivity contribution in [1.29, 1.82) is 0 Å². The maximum Gasteiger partial charge on any atom is 0.254 e. The van der Waals surface area contributed by atoms with Crippen LogP contribution in [0.5, 0.6) is 0 Å². The molecule has 1 rings (SSSR count). The zero-order valence-corrected chi connectivity index (χ0v) is 8.34. The summed E-state index contributed by atoms with van der Waals surface area (Å²) >= 11 is 0. The Labute approximate surface area is 85.5 Å². The minimum Gasteiger partial charge on any atom is -0.386 e. The maximum absolute atomic E-state index is 13.2. The number of halogens is 2. The van der Waals surface area contributed by atoms with E-state index in [1.54, 1.807) is 0 Å². The largest absolute Gasteiger partial charge is 0.386 e. The fourth-order valence-corrected chi connectivity index (χ4v) is 1.16. The Morgan fingerprint density at radius 3 is 2.00 bits per heavy atom. The van der Waals surface area contributed by atoms with E-state index in [9.17, 15) is 18.7 Å². The molecular formula is C10H11F2NO2. The van der Waals surface area contributed by atoms with Crippen molar-refractivity contribution in [2.75, 3.05) is 0 Å². The van der Waals surface area contributed by atoms with Gasteiger partial charge >= 0.3 is 0 Å².